The molecule has 8 heteroatoms. The van der Waals surface area contributed by atoms with Crippen LogP contribution in [0, 0.1) is 6.92 Å². The Balaban J connectivity index is 1.53. The molecule has 0 fully saturated rings. The first-order valence-corrected chi connectivity index (χ1v) is 10.3. The molecule has 1 aromatic heterocycles. The van der Waals surface area contributed by atoms with Gasteiger partial charge >= 0.3 is 0 Å². The number of nitrogens with one attached hydrogen (secondary N) is 1. The molecule has 4 aromatic rings. The number of carbonyl (C=O) groups is 1. The number of anilines is 1. The minimum Gasteiger partial charge on any atom is -0.484 e. The van der Waals surface area contributed by atoms with Crippen LogP contribution in [0.4, 0.5) is 5.69 Å². The molecule has 162 valence electrons. The van der Waals surface area contributed by atoms with Crippen molar-refractivity contribution in [2.45, 2.75) is 6.92 Å². The lowest BCUT2D eigenvalue weighted by Crippen LogP contribution is -2.20. The van der Waals surface area contributed by atoms with E-state index in [1.54, 1.807) is 49.4 Å². The van der Waals surface area contributed by atoms with Crippen molar-refractivity contribution in [3.63, 3.8) is 0 Å². The lowest BCUT2D eigenvalue weighted by atomic mass is 10.2. The number of rotatable bonds is 6. The van der Waals surface area contributed by atoms with E-state index in [-0.39, 0.29) is 40.2 Å². The molecule has 0 aliphatic heterocycles. The maximum atomic E-state index is 13.0. The van der Waals surface area contributed by atoms with Gasteiger partial charge in [-0.25, -0.2) is 0 Å². The number of fused-ring (bicyclic) bond motifs is 1. The van der Waals surface area contributed by atoms with Gasteiger partial charge in [0.2, 0.25) is 11.2 Å². The average molecular weight is 470 g/mol. The third kappa shape index (κ3) is 4.88. The SMILES string of the molecule is Cc1oc2cc(OCC(=O)Nc3ccccc3)ccc2c(=O)c1Oc1ccc(Cl)cc1Cl. The first-order chi connectivity index (χ1) is 15.4. The highest BCUT2D eigenvalue weighted by atomic mass is 35.5. The van der Waals surface area contributed by atoms with E-state index in [9.17, 15) is 9.59 Å². The van der Waals surface area contributed by atoms with Crippen LogP contribution >= 0.6 is 23.2 Å². The molecule has 0 saturated heterocycles. The first kappa shape index (κ1) is 21.7. The number of ether oxygens (including phenoxy) is 2. The molecule has 0 saturated carbocycles. The minimum absolute atomic E-state index is 0.0256. The highest BCUT2D eigenvalue weighted by Gasteiger charge is 2.16. The molecule has 0 bridgehead atoms. The van der Waals surface area contributed by atoms with Crippen LogP contribution in [0.15, 0.2) is 75.9 Å². The normalized spacial score (nSPS) is 10.7. The third-order valence-corrected chi connectivity index (χ3v) is 5.05. The molecule has 1 heterocycles. The fourth-order valence-corrected chi connectivity index (χ4v) is 3.46. The predicted octanol–water partition coefficient (Wildman–Crippen LogP) is 6.22. The van der Waals surface area contributed by atoms with Crippen molar-refractivity contribution >= 4 is 45.8 Å². The highest BCUT2D eigenvalue weighted by molar-refractivity contribution is 6.35. The molecule has 0 atom stereocenters. The Morgan fingerprint density at radius 2 is 1.81 bits per heavy atom. The van der Waals surface area contributed by atoms with Crippen molar-refractivity contribution in [1.82, 2.24) is 0 Å². The van der Waals surface area contributed by atoms with Gasteiger partial charge < -0.3 is 19.2 Å². The summed E-state index contributed by atoms with van der Waals surface area (Å²) in [6.07, 6.45) is 0. The summed E-state index contributed by atoms with van der Waals surface area (Å²) in [5.41, 5.74) is 0.626. The molecule has 32 heavy (non-hydrogen) atoms. The predicted molar refractivity (Wildman–Crippen MR) is 124 cm³/mol. The Labute approximate surface area is 193 Å². The standard InChI is InChI=1S/C24H17Cl2NO5/c1-14-24(32-20-10-7-15(25)11-19(20)26)23(29)18-9-8-17(12-21(18)31-14)30-13-22(28)27-16-5-3-2-4-6-16/h2-12H,13H2,1H3,(H,27,28). The fraction of sp³-hybridized carbons (Fsp3) is 0.0833. The van der Waals surface area contributed by atoms with Gasteiger partial charge in [0.05, 0.1) is 10.4 Å². The molecule has 0 radical (unpaired) electrons. The zero-order chi connectivity index (χ0) is 22.7. The van der Waals surface area contributed by atoms with E-state index >= 15 is 0 Å². The van der Waals surface area contributed by atoms with Gasteiger partial charge in [-0.15, -0.1) is 0 Å². The van der Waals surface area contributed by atoms with E-state index in [0.29, 0.717) is 27.4 Å². The molecule has 0 unspecified atom stereocenters. The Morgan fingerprint density at radius 3 is 2.56 bits per heavy atom. The van der Waals surface area contributed by atoms with Gasteiger partial charge in [0, 0.05) is 16.8 Å². The Morgan fingerprint density at radius 1 is 1.03 bits per heavy atom. The van der Waals surface area contributed by atoms with Gasteiger partial charge in [-0.3, -0.25) is 9.59 Å². The number of halogens is 2. The maximum Gasteiger partial charge on any atom is 0.262 e. The van der Waals surface area contributed by atoms with Crippen LogP contribution in [0.5, 0.6) is 17.2 Å². The van der Waals surface area contributed by atoms with Crippen LogP contribution in [0.25, 0.3) is 11.0 Å². The fourth-order valence-electron chi connectivity index (χ4n) is 3.01. The smallest absolute Gasteiger partial charge is 0.262 e. The second-order valence-electron chi connectivity index (χ2n) is 6.85. The van der Waals surface area contributed by atoms with Gasteiger partial charge in [0.25, 0.3) is 5.91 Å². The lowest BCUT2D eigenvalue weighted by Gasteiger charge is -2.11. The van der Waals surface area contributed by atoms with E-state index in [0.717, 1.165) is 0 Å². The number of amides is 1. The number of para-hydroxylation sites is 1. The zero-order valence-corrected chi connectivity index (χ0v) is 18.4. The number of benzene rings is 3. The average Bonchev–Trinajstić information content (AvgIpc) is 2.77. The van der Waals surface area contributed by atoms with E-state index in [2.05, 4.69) is 5.32 Å². The molecule has 1 N–H and O–H groups in total. The quantitative estimate of drug-likeness (QED) is 0.362. The molecule has 0 spiro atoms. The number of hydrogen-bond acceptors (Lipinski definition) is 5. The van der Waals surface area contributed by atoms with Gasteiger partial charge in [-0.05, 0) is 49.4 Å². The van der Waals surface area contributed by atoms with Crippen molar-refractivity contribution in [2.24, 2.45) is 0 Å². The Kier molecular flexibility index (Phi) is 6.35. The zero-order valence-electron chi connectivity index (χ0n) is 16.9. The van der Waals surface area contributed by atoms with Crippen molar-refractivity contribution in [3.05, 3.63) is 92.8 Å². The largest absolute Gasteiger partial charge is 0.484 e. The monoisotopic (exact) mass is 469 g/mol. The molecule has 1 amide bonds. The summed E-state index contributed by atoms with van der Waals surface area (Å²) in [4.78, 5) is 25.0. The number of carbonyl (C=O) groups excluding carboxylic acids is 1. The summed E-state index contributed by atoms with van der Waals surface area (Å²) in [5.74, 6) is 0.663. The highest BCUT2D eigenvalue weighted by Crippen LogP contribution is 2.33. The van der Waals surface area contributed by atoms with Crippen molar-refractivity contribution < 1.29 is 18.7 Å². The summed E-state index contributed by atoms with van der Waals surface area (Å²) < 4.78 is 17.0. The van der Waals surface area contributed by atoms with Crippen LogP contribution in [0.3, 0.4) is 0 Å². The van der Waals surface area contributed by atoms with E-state index in [1.165, 1.54) is 6.07 Å². The van der Waals surface area contributed by atoms with Crippen LogP contribution in [0.1, 0.15) is 5.76 Å². The van der Waals surface area contributed by atoms with Crippen molar-refractivity contribution in [3.8, 4) is 17.2 Å². The van der Waals surface area contributed by atoms with Crippen LogP contribution in [0.2, 0.25) is 10.0 Å². The van der Waals surface area contributed by atoms with Crippen LogP contribution in [-0.4, -0.2) is 12.5 Å². The van der Waals surface area contributed by atoms with E-state index < -0.39 is 0 Å². The van der Waals surface area contributed by atoms with Gasteiger partial charge in [-0.2, -0.15) is 0 Å². The summed E-state index contributed by atoms with van der Waals surface area (Å²) >= 11 is 12.0. The van der Waals surface area contributed by atoms with E-state index in [1.807, 2.05) is 18.2 Å². The van der Waals surface area contributed by atoms with Crippen LogP contribution in [-0.2, 0) is 4.79 Å². The molecule has 0 aliphatic rings. The van der Waals surface area contributed by atoms with Gasteiger partial charge in [0.1, 0.15) is 22.8 Å². The Hall–Kier alpha value is -3.48. The molecular weight excluding hydrogens is 453 g/mol. The molecular formula is C24H17Cl2NO5. The first-order valence-electron chi connectivity index (χ1n) is 9.59. The summed E-state index contributed by atoms with van der Waals surface area (Å²) in [5, 5.41) is 3.76. The topological polar surface area (TPSA) is 77.8 Å². The number of aryl methyl sites for hydroxylation is 1. The minimum atomic E-state index is -0.358. The second kappa shape index (κ2) is 9.34. The van der Waals surface area contributed by atoms with Gasteiger partial charge in [0.15, 0.2) is 6.61 Å². The number of hydrogen-bond donors (Lipinski definition) is 1. The summed E-state index contributed by atoms with van der Waals surface area (Å²) in [6, 6.07) is 18.5. The van der Waals surface area contributed by atoms with Crippen LogP contribution < -0.4 is 20.2 Å². The Bertz CT molecular complexity index is 1350. The third-order valence-electron chi connectivity index (χ3n) is 4.52. The molecule has 3 aromatic carbocycles. The molecule has 0 aliphatic carbocycles. The summed E-state index contributed by atoms with van der Waals surface area (Å²) in [6.45, 7) is 1.42. The maximum absolute atomic E-state index is 13.0. The summed E-state index contributed by atoms with van der Waals surface area (Å²) in [7, 11) is 0. The van der Waals surface area contributed by atoms with Crippen molar-refractivity contribution in [2.75, 3.05) is 11.9 Å². The molecule has 6 nitrogen and oxygen atoms in total. The molecule has 4 rings (SSSR count). The van der Waals surface area contributed by atoms with E-state index in [4.69, 9.17) is 37.1 Å². The second-order valence-corrected chi connectivity index (χ2v) is 7.70. The van der Waals surface area contributed by atoms with Gasteiger partial charge in [-0.1, -0.05) is 41.4 Å². The lowest BCUT2D eigenvalue weighted by molar-refractivity contribution is -0.118. The van der Waals surface area contributed by atoms with Crippen molar-refractivity contribution in [1.29, 1.82) is 0 Å².